The van der Waals surface area contributed by atoms with E-state index >= 15 is 0 Å². The average Bonchev–Trinajstić information content (AvgIpc) is 2.86. The van der Waals surface area contributed by atoms with Crippen molar-refractivity contribution >= 4 is 23.5 Å². The highest BCUT2D eigenvalue weighted by molar-refractivity contribution is 6.02. The summed E-state index contributed by atoms with van der Waals surface area (Å²) in [6, 6.07) is 7.81. The summed E-state index contributed by atoms with van der Waals surface area (Å²) in [6.45, 7) is 0. The Balaban J connectivity index is 2.12. The van der Waals surface area contributed by atoms with E-state index in [1.807, 2.05) is 6.07 Å². The number of amides is 1. The van der Waals surface area contributed by atoms with Crippen LogP contribution in [-0.2, 0) is 11.8 Å². The van der Waals surface area contributed by atoms with Crippen LogP contribution in [0.2, 0.25) is 0 Å². The van der Waals surface area contributed by atoms with Gasteiger partial charge in [-0.15, -0.1) is 0 Å². The molecule has 0 bridgehead atoms. The van der Waals surface area contributed by atoms with Gasteiger partial charge in [0.05, 0.1) is 11.1 Å². The molecular weight excluding hydrogens is 286 g/mol. The Morgan fingerprint density at radius 3 is 3.00 bits per heavy atom. The summed E-state index contributed by atoms with van der Waals surface area (Å²) < 4.78 is 1.37. The van der Waals surface area contributed by atoms with Crippen LogP contribution in [0.5, 0.6) is 0 Å². The predicted octanol–water partition coefficient (Wildman–Crippen LogP) is 1.85. The van der Waals surface area contributed by atoms with Gasteiger partial charge < -0.3 is 5.32 Å². The van der Waals surface area contributed by atoms with Crippen molar-refractivity contribution in [2.24, 2.45) is 7.05 Å². The fraction of sp³-hybridized carbons (Fsp3) is 0.0714. The largest absolute Gasteiger partial charge is 0.306 e. The third kappa shape index (κ3) is 3.34. The van der Waals surface area contributed by atoms with Crippen LogP contribution >= 0.6 is 0 Å². The number of nitrogens with zero attached hydrogens (tertiary/aromatic N) is 4. The van der Waals surface area contributed by atoms with Crippen molar-refractivity contribution < 1.29 is 9.72 Å². The van der Waals surface area contributed by atoms with Gasteiger partial charge in [-0.3, -0.25) is 19.6 Å². The third-order valence-electron chi connectivity index (χ3n) is 2.81. The second kappa shape index (κ2) is 6.32. The van der Waals surface area contributed by atoms with Gasteiger partial charge in [0.15, 0.2) is 0 Å². The number of aromatic nitrogens is 2. The summed E-state index contributed by atoms with van der Waals surface area (Å²) in [5, 5.41) is 26.0. The lowest BCUT2D eigenvalue weighted by Crippen LogP contribution is -2.12. The highest BCUT2D eigenvalue weighted by atomic mass is 16.6. The maximum absolute atomic E-state index is 11.8. The van der Waals surface area contributed by atoms with E-state index in [0.717, 1.165) is 0 Å². The Labute approximate surface area is 125 Å². The fourth-order valence-electron chi connectivity index (χ4n) is 1.74. The van der Waals surface area contributed by atoms with Crippen molar-refractivity contribution in [1.29, 1.82) is 5.26 Å². The van der Waals surface area contributed by atoms with Crippen LogP contribution in [0.25, 0.3) is 6.08 Å². The molecule has 2 aromatic rings. The molecule has 110 valence electrons. The van der Waals surface area contributed by atoms with Gasteiger partial charge in [-0.2, -0.15) is 10.4 Å². The lowest BCUT2D eigenvalue weighted by Gasteiger charge is -2.02. The van der Waals surface area contributed by atoms with E-state index in [2.05, 4.69) is 10.4 Å². The molecule has 2 rings (SSSR count). The Morgan fingerprint density at radius 1 is 1.55 bits per heavy atom. The zero-order chi connectivity index (χ0) is 16.1. The Hall–Kier alpha value is -3.47. The van der Waals surface area contributed by atoms with Crippen LogP contribution in [0.1, 0.15) is 11.1 Å². The molecule has 22 heavy (non-hydrogen) atoms. The minimum absolute atomic E-state index is 0.0547. The molecule has 8 heteroatoms. The first-order valence-electron chi connectivity index (χ1n) is 6.17. The Kier molecular flexibility index (Phi) is 4.29. The average molecular weight is 297 g/mol. The van der Waals surface area contributed by atoms with Crippen LogP contribution in [-0.4, -0.2) is 20.6 Å². The first kappa shape index (κ1) is 14.9. The van der Waals surface area contributed by atoms with E-state index in [-0.39, 0.29) is 17.1 Å². The molecule has 0 aliphatic rings. The van der Waals surface area contributed by atoms with E-state index in [0.29, 0.717) is 5.56 Å². The quantitative estimate of drug-likeness (QED) is 0.525. The SMILES string of the molecule is Cn1ncc(C#N)c1NC(=O)C=Cc1cccc([N+](=O)[O-])c1. The maximum atomic E-state index is 11.8. The molecule has 8 nitrogen and oxygen atoms in total. The summed E-state index contributed by atoms with van der Waals surface area (Å²) in [4.78, 5) is 22.0. The number of nitriles is 1. The number of hydrogen-bond donors (Lipinski definition) is 1. The standard InChI is InChI=1S/C14H11N5O3/c1-18-14(11(8-15)9-16-18)17-13(20)6-5-10-3-2-4-12(7-10)19(21)22/h2-7,9H,1H3,(H,17,20). The number of non-ortho nitro benzene ring substituents is 1. The molecule has 0 unspecified atom stereocenters. The highest BCUT2D eigenvalue weighted by Gasteiger charge is 2.10. The number of anilines is 1. The molecule has 0 aliphatic carbocycles. The van der Waals surface area contributed by atoms with Gasteiger partial charge in [0.25, 0.3) is 5.69 Å². The molecule has 0 radical (unpaired) electrons. The summed E-state index contributed by atoms with van der Waals surface area (Å²) >= 11 is 0. The van der Waals surface area contributed by atoms with Crippen LogP contribution in [0.3, 0.4) is 0 Å². The van der Waals surface area contributed by atoms with Crippen LogP contribution < -0.4 is 5.32 Å². The number of benzene rings is 1. The molecular formula is C14H11N5O3. The van der Waals surface area contributed by atoms with E-state index < -0.39 is 10.8 Å². The van der Waals surface area contributed by atoms with Crippen molar-refractivity contribution in [3.63, 3.8) is 0 Å². The van der Waals surface area contributed by atoms with Crippen molar-refractivity contribution in [3.05, 3.63) is 57.8 Å². The Bertz CT molecular complexity index is 801. The second-order valence-corrected chi connectivity index (χ2v) is 4.32. The van der Waals surface area contributed by atoms with E-state index in [4.69, 9.17) is 5.26 Å². The minimum atomic E-state index is -0.508. The molecule has 0 saturated carbocycles. The van der Waals surface area contributed by atoms with Gasteiger partial charge in [0.1, 0.15) is 17.5 Å². The summed E-state index contributed by atoms with van der Waals surface area (Å²) in [6.07, 6.45) is 4.03. The number of nitro benzene ring substituents is 1. The van der Waals surface area contributed by atoms with Crippen molar-refractivity contribution in [3.8, 4) is 6.07 Å². The number of aryl methyl sites for hydroxylation is 1. The number of rotatable bonds is 4. The summed E-state index contributed by atoms with van der Waals surface area (Å²) in [5.41, 5.74) is 0.718. The zero-order valence-electron chi connectivity index (χ0n) is 11.6. The van der Waals surface area contributed by atoms with Gasteiger partial charge in [-0.05, 0) is 11.6 Å². The van der Waals surface area contributed by atoms with Gasteiger partial charge in [-0.25, -0.2) is 0 Å². The number of carbonyl (C=O) groups excluding carboxylic acids is 1. The summed E-state index contributed by atoms with van der Waals surface area (Å²) in [5.74, 6) is -0.178. The van der Waals surface area contributed by atoms with E-state index in [9.17, 15) is 14.9 Å². The Morgan fingerprint density at radius 2 is 2.32 bits per heavy atom. The molecule has 0 atom stereocenters. The number of nitro groups is 1. The van der Waals surface area contributed by atoms with Gasteiger partial charge in [0.2, 0.25) is 5.91 Å². The molecule has 0 aliphatic heterocycles. The molecule has 0 saturated heterocycles. The van der Waals surface area contributed by atoms with E-state index in [1.54, 1.807) is 13.1 Å². The topological polar surface area (TPSA) is 114 Å². The van der Waals surface area contributed by atoms with Crippen molar-refractivity contribution in [1.82, 2.24) is 9.78 Å². The highest BCUT2D eigenvalue weighted by Crippen LogP contribution is 2.15. The number of nitrogens with one attached hydrogen (secondary N) is 1. The fourth-order valence-corrected chi connectivity index (χ4v) is 1.74. The van der Waals surface area contributed by atoms with E-state index in [1.165, 1.54) is 41.2 Å². The third-order valence-corrected chi connectivity index (χ3v) is 2.81. The lowest BCUT2D eigenvalue weighted by molar-refractivity contribution is -0.384. The van der Waals surface area contributed by atoms with Crippen LogP contribution in [0.15, 0.2) is 36.5 Å². The monoisotopic (exact) mass is 297 g/mol. The summed E-state index contributed by atoms with van der Waals surface area (Å²) in [7, 11) is 1.60. The van der Waals surface area contributed by atoms with Gasteiger partial charge in [-0.1, -0.05) is 12.1 Å². The number of carbonyl (C=O) groups is 1. The second-order valence-electron chi connectivity index (χ2n) is 4.32. The minimum Gasteiger partial charge on any atom is -0.306 e. The van der Waals surface area contributed by atoms with Crippen LogP contribution in [0.4, 0.5) is 11.5 Å². The molecule has 1 aromatic heterocycles. The number of hydrogen-bond acceptors (Lipinski definition) is 5. The molecule has 0 spiro atoms. The normalized spacial score (nSPS) is 10.4. The molecule has 0 fully saturated rings. The predicted molar refractivity (Wildman–Crippen MR) is 78.7 cm³/mol. The molecule has 1 amide bonds. The molecule has 1 aromatic carbocycles. The van der Waals surface area contributed by atoms with Gasteiger partial charge >= 0.3 is 0 Å². The smallest absolute Gasteiger partial charge is 0.270 e. The molecule has 1 N–H and O–H groups in total. The molecule has 1 heterocycles. The van der Waals surface area contributed by atoms with Crippen molar-refractivity contribution in [2.75, 3.05) is 5.32 Å². The zero-order valence-corrected chi connectivity index (χ0v) is 11.6. The maximum Gasteiger partial charge on any atom is 0.270 e. The van der Waals surface area contributed by atoms with Crippen molar-refractivity contribution in [2.45, 2.75) is 0 Å². The van der Waals surface area contributed by atoms with Crippen LogP contribution in [0, 0.1) is 21.4 Å². The first-order chi connectivity index (χ1) is 10.5. The lowest BCUT2D eigenvalue weighted by atomic mass is 10.2. The van der Waals surface area contributed by atoms with Gasteiger partial charge in [0, 0.05) is 25.3 Å². The first-order valence-corrected chi connectivity index (χ1v) is 6.17.